The summed E-state index contributed by atoms with van der Waals surface area (Å²) in [6, 6.07) is 13.8. The molecular formula is C22H11N3O2Se2. The number of aromatic nitrogens is 3. The molecule has 7 heteroatoms. The molecule has 6 rings (SSSR count). The molecule has 0 aliphatic heterocycles. The van der Waals surface area contributed by atoms with Gasteiger partial charge < -0.3 is 0 Å². The van der Waals surface area contributed by atoms with Crippen molar-refractivity contribution in [1.82, 2.24) is 14.8 Å². The molecule has 0 saturated carbocycles. The molecule has 1 aromatic carbocycles. The number of carbonyl (C=O) groups excluding carboxylic acids is 2. The number of rotatable bonds is 2. The minimum atomic E-state index is -0.164. The first-order chi connectivity index (χ1) is 14.2. The molecular weight excluding hydrogens is 496 g/mol. The van der Waals surface area contributed by atoms with E-state index in [4.69, 9.17) is 0 Å². The molecule has 29 heavy (non-hydrogen) atoms. The summed E-state index contributed by atoms with van der Waals surface area (Å²) >= 11 is 0.220. The molecule has 0 N–H and O–H groups in total. The third kappa shape index (κ3) is 2.60. The van der Waals surface area contributed by atoms with E-state index in [0.717, 1.165) is 25.4 Å². The standard InChI is InChI=1S/C22H11N3O2Se2/c26-20-15-9-13-5-8-28-18(13)11-16(15)21(27)17(20)10-14-1-2-19(29-14)25-7-4-12-3-6-23-24-22(12)25/h1-11H/b17-10-. The minimum absolute atomic E-state index is 0.0284. The van der Waals surface area contributed by atoms with Gasteiger partial charge in [-0.3, -0.25) is 0 Å². The number of fused-ring (bicyclic) bond motifs is 3. The van der Waals surface area contributed by atoms with E-state index in [9.17, 15) is 9.59 Å². The first-order valence-corrected chi connectivity index (χ1v) is 12.5. The number of nitrogens with zero attached hydrogens (tertiary/aromatic N) is 3. The van der Waals surface area contributed by atoms with Crippen LogP contribution in [0.5, 0.6) is 0 Å². The second-order valence-corrected chi connectivity index (χ2v) is 11.0. The second-order valence-electron chi connectivity index (χ2n) is 6.74. The molecule has 0 spiro atoms. The first-order valence-electron chi connectivity index (χ1n) is 8.90. The molecule has 5 nitrogen and oxygen atoms in total. The van der Waals surface area contributed by atoms with Gasteiger partial charge >= 0.3 is 177 Å². The van der Waals surface area contributed by atoms with Gasteiger partial charge in [0.05, 0.1) is 0 Å². The van der Waals surface area contributed by atoms with E-state index in [0.29, 0.717) is 11.1 Å². The van der Waals surface area contributed by atoms with Gasteiger partial charge in [-0.05, 0) is 0 Å². The van der Waals surface area contributed by atoms with Gasteiger partial charge in [-0.25, -0.2) is 0 Å². The Hall–Kier alpha value is -2.82. The second kappa shape index (κ2) is 6.34. The third-order valence-corrected chi connectivity index (χ3v) is 9.08. The van der Waals surface area contributed by atoms with Crippen molar-refractivity contribution in [3.63, 3.8) is 0 Å². The fraction of sp³-hybridized carbons (Fsp3) is 0. The number of carbonyl (C=O) groups is 2. The molecule has 0 bridgehead atoms. The van der Waals surface area contributed by atoms with E-state index in [1.807, 2.05) is 53.2 Å². The number of benzene rings is 1. The van der Waals surface area contributed by atoms with Crippen LogP contribution in [0.25, 0.3) is 31.3 Å². The van der Waals surface area contributed by atoms with Gasteiger partial charge in [0.25, 0.3) is 0 Å². The van der Waals surface area contributed by atoms with Crippen LogP contribution in [0.3, 0.4) is 0 Å². The van der Waals surface area contributed by atoms with Crippen molar-refractivity contribution < 1.29 is 9.59 Å². The maximum atomic E-state index is 12.9. The van der Waals surface area contributed by atoms with Crippen LogP contribution in [0.2, 0.25) is 0 Å². The summed E-state index contributed by atoms with van der Waals surface area (Å²) in [5, 5.41) is 10.3. The third-order valence-electron chi connectivity index (χ3n) is 5.07. The van der Waals surface area contributed by atoms with Crippen LogP contribution in [0.15, 0.2) is 65.4 Å². The predicted octanol–water partition coefficient (Wildman–Crippen LogP) is 3.15. The SMILES string of the molecule is O=C1/C(=C/c2ccc(-n3ccc4ccnnc43)[se]2)C(=O)c2cc3[se]ccc3cc21. The summed E-state index contributed by atoms with van der Waals surface area (Å²) in [5.74, 6) is -0.319. The van der Waals surface area contributed by atoms with Crippen molar-refractivity contribution in [2.24, 2.45) is 0 Å². The van der Waals surface area contributed by atoms with E-state index < -0.39 is 0 Å². The molecule has 0 unspecified atom stereocenters. The summed E-state index contributed by atoms with van der Waals surface area (Å²) < 4.78 is 5.30. The molecule has 5 aromatic rings. The maximum absolute atomic E-state index is 12.9. The van der Waals surface area contributed by atoms with Gasteiger partial charge in [-0.15, -0.1) is 0 Å². The van der Waals surface area contributed by atoms with Crippen LogP contribution in [-0.2, 0) is 0 Å². The predicted molar refractivity (Wildman–Crippen MR) is 113 cm³/mol. The molecule has 1 aliphatic rings. The normalized spacial score (nSPS) is 15.1. The number of Topliss-reactive ketones (excluding diaryl/α,β-unsaturated/α-hetero) is 2. The monoisotopic (exact) mass is 509 g/mol. The Balaban J connectivity index is 1.41. The zero-order valence-electron chi connectivity index (χ0n) is 14.8. The van der Waals surface area contributed by atoms with Crippen molar-refractivity contribution in [2.75, 3.05) is 0 Å². The molecule has 4 heterocycles. The summed E-state index contributed by atoms with van der Waals surface area (Å²) in [6.45, 7) is 0. The Morgan fingerprint density at radius 3 is 2.69 bits per heavy atom. The van der Waals surface area contributed by atoms with Gasteiger partial charge in [0.2, 0.25) is 0 Å². The number of hydrogen-bond acceptors (Lipinski definition) is 4. The number of ketones is 2. The zero-order chi connectivity index (χ0) is 19.5. The summed E-state index contributed by atoms with van der Waals surface area (Å²) in [6.07, 6.45) is 5.43. The van der Waals surface area contributed by atoms with Crippen molar-refractivity contribution in [3.8, 4) is 4.56 Å². The van der Waals surface area contributed by atoms with Crippen molar-refractivity contribution >= 4 is 67.3 Å². The Bertz CT molecular complexity index is 1450. The van der Waals surface area contributed by atoms with Crippen molar-refractivity contribution in [1.29, 1.82) is 0 Å². The van der Waals surface area contributed by atoms with Crippen LogP contribution in [0.1, 0.15) is 25.2 Å². The molecule has 0 fully saturated rings. The van der Waals surface area contributed by atoms with Crippen molar-refractivity contribution in [3.05, 3.63) is 80.9 Å². The van der Waals surface area contributed by atoms with E-state index in [1.165, 1.54) is 4.26 Å². The Morgan fingerprint density at radius 2 is 1.79 bits per heavy atom. The average Bonchev–Trinajstić information content (AvgIpc) is 3.50. The summed E-state index contributed by atoms with van der Waals surface area (Å²) in [5.41, 5.74) is 2.18. The van der Waals surface area contributed by atoms with Crippen LogP contribution in [0, 0.1) is 0 Å². The average molecular weight is 507 g/mol. The number of hydrogen-bond donors (Lipinski definition) is 0. The first kappa shape index (κ1) is 17.1. The molecule has 0 saturated heterocycles. The topological polar surface area (TPSA) is 64.8 Å². The van der Waals surface area contributed by atoms with Crippen LogP contribution in [0.4, 0.5) is 0 Å². The van der Waals surface area contributed by atoms with E-state index >= 15 is 0 Å². The summed E-state index contributed by atoms with van der Waals surface area (Å²) in [4.78, 5) is 27.9. The van der Waals surface area contributed by atoms with Gasteiger partial charge in [0, 0.05) is 0 Å². The Kier molecular flexibility index (Phi) is 3.73. The van der Waals surface area contributed by atoms with Crippen LogP contribution >= 0.6 is 0 Å². The van der Waals surface area contributed by atoms with E-state index in [-0.39, 0.29) is 46.1 Å². The fourth-order valence-corrected chi connectivity index (χ4v) is 7.32. The fourth-order valence-electron chi connectivity index (χ4n) is 3.66. The molecule has 1 aliphatic carbocycles. The van der Waals surface area contributed by atoms with Crippen molar-refractivity contribution in [2.45, 2.75) is 0 Å². The Labute approximate surface area is 176 Å². The zero-order valence-corrected chi connectivity index (χ0v) is 18.3. The van der Waals surface area contributed by atoms with Crippen LogP contribution in [-0.4, -0.2) is 55.3 Å². The molecule has 0 amide bonds. The molecule has 4 aromatic heterocycles. The van der Waals surface area contributed by atoms with Gasteiger partial charge in [-0.2, -0.15) is 0 Å². The quantitative estimate of drug-likeness (QED) is 0.209. The number of allylic oxidation sites excluding steroid dienone is 1. The van der Waals surface area contributed by atoms with E-state index in [1.54, 1.807) is 12.3 Å². The Morgan fingerprint density at radius 1 is 0.931 bits per heavy atom. The molecule has 138 valence electrons. The molecule has 0 atom stereocenters. The summed E-state index contributed by atoms with van der Waals surface area (Å²) in [7, 11) is 0. The van der Waals surface area contributed by atoms with Gasteiger partial charge in [-0.1, -0.05) is 0 Å². The van der Waals surface area contributed by atoms with Gasteiger partial charge in [0.1, 0.15) is 0 Å². The molecule has 0 radical (unpaired) electrons. The van der Waals surface area contributed by atoms with Crippen LogP contribution < -0.4 is 0 Å². The van der Waals surface area contributed by atoms with Gasteiger partial charge in [0.15, 0.2) is 0 Å². The van der Waals surface area contributed by atoms with E-state index in [2.05, 4.69) is 15.1 Å².